The zero-order valence-corrected chi connectivity index (χ0v) is 17.8. The molecular formula is C23H33N5O. The molecule has 0 bridgehead atoms. The molecule has 0 saturated carbocycles. The molecule has 0 radical (unpaired) electrons. The molecule has 2 aromatic heterocycles. The molecule has 0 spiro atoms. The topological polar surface area (TPSA) is 88.0 Å². The Hall–Kier alpha value is -2.63. The van der Waals surface area contributed by atoms with Gasteiger partial charge in [0, 0.05) is 49.2 Å². The number of amides is 1. The molecule has 1 saturated heterocycles. The van der Waals surface area contributed by atoms with Crippen LogP contribution in [0.4, 0.5) is 0 Å². The van der Waals surface area contributed by atoms with Crippen LogP contribution in [0.25, 0.3) is 16.6 Å². The predicted octanol–water partition coefficient (Wildman–Crippen LogP) is 4.05. The average molecular weight is 396 g/mol. The molecule has 3 atom stereocenters. The van der Waals surface area contributed by atoms with E-state index in [1.54, 1.807) is 0 Å². The van der Waals surface area contributed by atoms with Crippen molar-refractivity contribution in [3.05, 3.63) is 36.3 Å². The van der Waals surface area contributed by atoms with Gasteiger partial charge in [0.15, 0.2) is 0 Å². The van der Waals surface area contributed by atoms with Crippen molar-refractivity contribution < 1.29 is 4.79 Å². The van der Waals surface area contributed by atoms with Crippen molar-refractivity contribution in [1.29, 1.82) is 5.41 Å². The highest BCUT2D eigenvalue weighted by molar-refractivity contribution is 6.07. The molecule has 6 nitrogen and oxygen atoms in total. The number of nitrogens with one attached hydrogen (secondary N) is 1. The number of carbonyl (C=O) groups is 1. The molecule has 3 N–H and O–H groups in total. The van der Waals surface area contributed by atoms with Crippen LogP contribution in [0, 0.1) is 17.2 Å². The number of pyridine rings is 1. The number of likely N-dealkylation sites (tertiary alicyclic amines) is 1. The Morgan fingerprint density at radius 3 is 2.83 bits per heavy atom. The van der Waals surface area contributed by atoms with Gasteiger partial charge in [0.2, 0.25) is 5.91 Å². The van der Waals surface area contributed by atoms with Crippen molar-refractivity contribution in [3.63, 3.8) is 0 Å². The van der Waals surface area contributed by atoms with E-state index in [4.69, 9.17) is 11.1 Å². The zero-order chi connectivity index (χ0) is 21.0. The minimum atomic E-state index is 0.162. The molecule has 1 amide bonds. The molecule has 29 heavy (non-hydrogen) atoms. The molecule has 3 unspecified atom stereocenters. The van der Waals surface area contributed by atoms with Gasteiger partial charge < -0.3 is 20.6 Å². The minimum absolute atomic E-state index is 0.162. The third-order valence-corrected chi connectivity index (χ3v) is 6.13. The van der Waals surface area contributed by atoms with Gasteiger partial charge in [0.1, 0.15) is 0 Å². The Morgan fingerprint density at radius 1 is 1.38 bits per heavy atom. The van der Waals surface area contributed by atoms with E-state index in [1.165, 1.54) is 12.4 Å². The number of allylic oxidation sites excluding steroid dienone is 1. The lowest BCUT2D eigenvalue weighted by molar-refractivity contribution is -0.136. The third-order valence-electron chi connectivity index (χ3n) is 6.13. The Labute approximate surface area is 173 Å². The fourth-order valence-corrected chi connectivity index (χ4v) is 4.55. The third kappa shape index (κ3) is 4.36. The smallest absolute Gasteiger partial charge is 0.225 e. The van der Waals surface area contributed by atoms with Crippen LogP contribution in [0.15, 0.2) is 30.6 Å². The second kappa shape index (κ2) is 9.25. The largest absolute Gasteiger partial charge is 0.404 e. The average Bonchev–Trinajstić information content (AvgIpc) is 3.29. The van der Waals surface area contributed by atoms with Gasteiger partial charge in [-0.05, 0) is 50.3 Å². The van der Waals surface area contributed by atoms with Gasteiger partial charge in [-0.2, -0.15) is 0 Å². The summed E-state index contributed by atoms with van der Waals surface area (Å²) in [7, 11) is 0. The summed E-state index contributed by atoms with van der Waals surface area (Å²) in [6.07, 6.45) is 8.69. The summed E-state index contributed by atoms with van der Waals surface area (Å²) >= 11 is 0. The van der Waals surface area contributed by atoms with Crippen molar-refractivity contribution in [2.75, 3.05) is 6.54 Å². The van der Waals surface area contributed by atoms with Crippen molar-refractivity contribution in [1.82, 2.24) is 14.5 Å². The number of rotatable bonds is 8. The highest BCUT2D eigenvalue weighted by Crippen LogP contribution is 2.29. The lowest BCUT2D eigenvalue weighted by atomic mass is 9.99. The maximum absolute atomic E-state index is 13.0. The number of fused-ring (bicyclic) bond motifs is 1. The highest BCUT2D eigenvalue weighted by Gasteiger charge is 2.35. The van der Waals surface area contributed by atoms with Crippen LogP contribution in [-0.2, 0) is 11.3 Å². The Morgan fingerprint density at radius 2 is 2.17 bits per heavy atom. The monoisotopic (exact) mass is 395 g/mol. The Balaban J connectivity index is 1.73. The summed E-state index contributed by atoms with van der Waals surface area (Å²) in [6.45, 7) is 8.16. The normalized spacial score (nSPS) is 20.9. The van der Waals surface area contributed by atoms with E-state index in [-0.39, 0.29) is 5.92 Å². The van der Waals surface area contributed by atoms with Gasteiger partial charge in [-0.1, -0.05) is 20.3 Å². The predicted molar refractivity (Wildman–Crippen MR) is 119 cm³/mol. The number of carbonyl (C=O) groups excluding carboxylic acids is 1. The molecule has 3 rings (SSSR count). The molecule has 1 aliphatic heterocycles. The minimum Gasteiger partial charge on any atom is -0.404 e. The van der Waals surface area contributed by atoms with E-state index in [0.717, 1.165) is 49.8 Å². The standard InChI is InChI=1S/C23H33N5O/c1-4-6-18(5-2)23(29)28-15-17(11-16(28)3)14-27-10-9-21-22(27)8-7-20(26-21)19(12-24)13-25/h7-10,12-13,16-18,24H,4-6,11,14-15,25H2,1-3H3/b19-13+,24-12?. The summed E-state index contributed by atoms with van der Waals surface area (Å²) < 4.78 is 2.23. The highest BCUT2D eigenvalue weighted by atomic mass is 16.2. The van der Waals surface area contributed by atoms with Gasteiger partial charge in [0.05, 0.1) is 16.7 Å². The molecule has 1 aliphatic rings. The second-order valence-electron chi connectivity index (χ2n) is 8.17. The SMILES string of the molecule is CCCC(CC)C(=O)N1CC(Cn2ccc3nc(/C(C=N)=C/N)ccc32)CC1C. The van der Waals surface area contributed by atoms with Gasteiger partial charge in [-0.25, -0.2) is 4.98 Å². The van der Waals surface area contributed by atoms with Crippen LogP contribution in [0.5, 0.6) is 0 Å². The Kier molecular flexibility index (Phi) is 6.72. The van der Waals surface area contributed by atoms with Crippen LogP contribution in [0.3, 0.4) is 0 Å². The summed E-state index contributed by atoms with van der Waals surface area (Å²) in [5, 5.41) is 7.45. The number of hydrogen-bond donors (Lipinski definition) is 2. The quantitative estimate of drug-likeness (QED) is 0.661. The summed E-state index contributed by atoms with van der Waals surface area (Å²) in [5.41, 5.74) is 8.87. The maximum atomic E-state index is 13.0. The number of aromatic nitrogens is 2. The first kappa shape index (κ1) is 21.1. The van der Waals surface area contributed by atoms with Gasteiger partial charge in [0.25, 0.3) is 0 Å². The van der Waals surface area contributed by atoms with E-state index in [9.17, 15) is 4.79 Å². The fourth-order valence-electron chi connectivity index (χ4n) is 4.55. The van der Waals surface area contributed by atoms with Crippen molar-refractivity contribution in [3.8, 4) is 0 Å². The van der Waals surface area contributed by atoms with Gasteiger partial charge >= 0.3 is 0 Å². The van der Waals surface area contributed by atoms with Crippen LogP contribution in [0.2, 0.25) is 0 Å². The summed E-state index contributed by atoms with van der Waals surface area (Å²) in [6, 6.07) is 6.26. The first-order valence-corrected chi connectivity index (χ1v) is 10.7. The molecule has 2 aromatic rings. The van der Waals surface area contributed by atoms with Crippen LogP contribution in [0.1, 0.15) is 52.1 Å². The van der Waals surface area contributed by atoms with Crippen molar-refractivity contribution in [2.24, 2.45) is 17.6 Å². The first-order valence-electron chi connectivity index (χ1n) is 10.7. The van der Waals surface area contributed by atoms with Crippen LogP contribution in [-0.4, -0.2) is 39.2 Å². The molecule has 1 fully saturated rings. The van der Waals surface area contributed by atoms with E-state index < -0.39 is 0 Å². The molecule has 6 heteroatoms. The first-order chi connectivity index (χ1) is 14.0. The number of nitrogens with zero attached hydrogens (tertiary/aromatic N) is 3. The van der Waals surface area contributed by atoms with Crippen molar-refractivity contribution >= 4 is 28.7 Å². The summed E-state index contributed by atoms with van der Waals surface area (Å²) in [5.74, 6) is 0.945. The van der Waals surface area contributed by atoms with Gasteiger partial charge in [-0.3, -0.25) is 4.79 Å². The van der Waals surface area contributed by atoms with E-state index in [0.29, 0.717) is 29.1 Å². The van der Waals surface area contributed by atoms with Crippen LogP contribution < -0.4 is 5.73 Å². The summed E-state index contributed by atoms with van der Waals surface area (Å²) in [4.78, 5) is 19.7. The lowest BCUT2D eigenvalue weighted by Gasteiger charge is -2.26. The van der Waals surface area contributed by atoms with Crippen molar-refractivity contribution in [2.45, 2.75) is 59.0 Å². The van der Waals surface area contributed by atoms with E-state index in [1.807, 2.05) is 18.2 Å². The second-order valence-corrected chi connectivity index (χ2v) is 8.17. The maximum Gasteiger partial charge on any atom is 0.225 e. The molecule has 156 valence electrons. The number of hydrogen-bond acceptors (Lipinski definition) is 4. The van der Waals surface area contributed by atoms with Gasteiger partial charge in [-0.15, -0.1) is 0 Å². The Bertz CT molecular complexity index is 900. The van der Waals surface area contributed by atoms with E-state index >= 15 is 0 Å². The van der Waals surface area contributed by atoms with Crippen LogP contribution >= 0.6 is 0 Å². The zero-order valence-electron chi connectivity index (χ0n) is 17.8. The molecular weight excluding hydrogens is 362 g/mol. The van der Waals surface area contributed by atoms with E-state index in [2.05, 4.69) is 41.4 Å². The lowest BCUT2D eigenvalue weighted by Crippen LogP contribution is -2.38. The molecule has 0 aliphatic carbocycles. The fraction of sp³-hybridized carbons (Fsp3) is 0.522. The molecule has 0 aromatic carbocycles. The molecule has 3 heterocycles. The number of nitrogens with two attached hydrogens (primary N) is 1.